The molecular weight excluding hydrogens is 243 g/mol. The minimum Gasteiger partial charge on any atom is -0.301 e. The Balaban J connectivity index is 2.38. The van der Waals surface area contributed by atoms with Crippen molar-refractivity contribution in [2.24, 2.45) is 0 Å². The highest BCUT2D eigenvalue weighted by molar-refractivity contribution is 6.37. The fourth-order valence-electron chi connectivity index (χ4n) is 1.74. The van der Waals surface area contributed by atoms with Crippen LogP contribution in [0.15, 0.2) is 47.5 Å². The van der Waals surface area contributed by atoms with E-state index in [0.29, 0.717) is 11.5 Å². The minimum absolute atomic E-state index is 0.471. The van der Waals surface area contributed by atoms with Crippen molar-refractivity contribution in [3.63, 3.8) is 0 Å². The standard InChI is InChI=1S/C13H10Cl2O/c14-12-6-11(7-13(15,8-12)9-16)10-4-2-1-3-5-10/h1-6,8-9H,7H2. The molecule has 0 aromatic heterocycles. The third-order valence-corrected chi connectivity index (χ3v) is 3.04. The summed E-state index contributed by atoms with van der Waals surface area (Å²) in [6, 6.07) is 9.78. The number of hydrogen-bond acceptors (Lipinski definition) is 1. The van der Waals surface area contributed by atoms with Gasteiger partial charge in [0.05, 0.1) is 0 Å². The fourth-order valence-corrected chi connectivity index (χ4v) is 2.39. The summed E-state index contributed by atoms with van der Waals surface area (Å²) in [5.41, 5.74) is 2.02. The maximum absolute atomic E-state index is 10.9. The van der Waals surface area contributed by atoms with Crippen molar-refractivity contribution in [1.29, 1.82) is 0 Å². The highest BCUT2D eigenvalue weighted by Crippen LogP contribution is 2.36. The van der Waals surface area contributed by atoms with Gasteiger partial charge in [0.25, 0.3) is 0 Å². The first-order valence-corrected chi connectivity index (χ1v) is 5.68. The monoisotopic (exact) mass is 252 g/mol. The highest BCUT2D eigenvalue weighted by atomic mass is 35.5. The summed E-state index contributed by atoms with van der Waals surface area (Å²) in [6.45, 7) is 0. The van der Waals surface area contributed by atoms with Crippen LogP contribution in [0.4, 0.5) is 0 Å². The number of rotatable bonds is 2. The first-order valence-electron chi connectivity index (χ1n) is 4.92. The SMILES string of the molecule is O=CC1(Cl)C=C(Cl)C=C(c2ccccc2)C1. The number of allylic oxidation sites excluding steroid dienone is 4. The number of carbonyl (C=O) groups excluding carboxylic acids is 1. The van der Waals surface area contributed by atoms with E-state index < -0.39 is 4.87 Å². The van der Waals surface area contributed by atoms with Crippen molar-refractivity contribution < 1.29 is 4.79 Å². The topological polar surface area (TPSA) is 17.1 Å². The van der Waals surface area contributed by atoms with E-state index in [-0.39, 0.29) is 0 Å². The summed E-state index contributed by atoms with van der Waals surface area (Å²) in [5, 5.41) is 0.507. The molecular formula is C13H10Cl2O. The van der Waals surface area contributed by atoms with Gasteiger partial charge in [-0.15, -0.1) is 11.6 Å². The molecule has 0 saturated carbocycles. The second-order valence-corrected chi connectivity index (χ2v) is 4.93. The molecule has 1 unspecified atom stereocenters. The molecule has 0 bridgehead atoms. The lowest BCUT2D eigenvalue weighted by Crippen LogP contribution is -2.23. The number of carbonyl (C=O) groups is 1. The van der Waals surface area contributed by atoms with E-state index >= 15 is 0 Å². The van der Waals surface area contributed by atoms with Crippen molar-refractivity contribution in [2.75, 3.05) is 0 Å². The molecule has 82 valence electrons. The molecule has 3 heteroatoms. The van der Waals surface area contributed by atoms with Crippen LogP contribution >= 0.6 is 23.2 Å². The van der Waals surface area contributed by atoms with Crippen LogP contribution in [0.25, 0.3) is 5.57 Å². The van der Waals surface area contributed by atoms with Gasteiger partial charge in [-0.2, -0.15) is 0 Å². The molecule has 2 rings (SSSR count). The molecule has 0 aliphatic heterocycles. The predicted molar refractivity (Wildman–Crippen MR) is 67.6 cm³/mol. The molecule has 0 spiro atoms. The summed E-state index contributed by atoms with van der Waals surface area (Å²) in [6.07, 6.45) is 4.63. The van der Waals surface area contributed by atoms with Crippen LogP contribution in [-0.4, -0.2) is 11.2 Å². The van der Waals surface area contributed by atoms with Gasteiger partial charge in [0.2, 0.25) is 0 Å². The summed E-state index contributed by atoms with van der Waals surface area (Å²) in [4.78, 5) is 9.94. The molecule has 0 saturated heterocycles. The molecule has 0 amide bonds. The largest absolute Gasteiger partial charge is 0.301 e. The van der Waals surface area contributed by atoms with Crippen LogP contribution in [0, 0.1) is 0 Å². The van der Waals surface area contributed by atoms with E-state index in [2.05, 4.69) is 0 Å². The summed E-state index contributed by atoms with van der Waals surface area (Å²) < 4.78 is 0. The zero-order valence-electron chi connectivity index (χ0n) is 8.49. The van der Waals surface area contributed by atoms with Gasteiger partial charge in [0, 0.05) is 11.5 Å². The quantitative estimate of drug-likeness (QED) is 0.579. The Morgan fingerprint density at radius 2 is 1.94 bits per heavy atom. The second kappa shape index (κ2) is 4.44. The number of benzene rings is 1. The molecule has 1 aromatic rings. The van der Waals surface area contributed by atoms with Crippen LogP contribution in [0.1, 0.15) is 12.0 Å². The molecule has 0 N–H and O–H groups in total. The first-order chi connectivity index (χ1) is 7.63. The second-order valence-electron chi connectivity index (χ2n) is 3.79. The van der Waals surface area contributed by atoms with Crippen molar-refractivity contribution in [1.82, 2.24) is 0 Å². The first kappa shape index (κ1) is 11.4. The Labute approximate surface area is 104 Å². The Kier molecular flexibility index (Phi) is 3.17. The third kappa shape index (κ3) is 2.37. The molecule has 1 aliphatic carbocycles. The van der Waals surface area contributed by atoms with Gasteiger partial charge < -0.3 is 4.79 Å². The maximum atomic E-state index is 10.9. The lowest BCUT2D eigenvalue weighted by Gasteiger charge is -2.23. The minimum atomic E-state index is -1.00. The van der Waals surface area contributed by atoms with Crippen LogP contribution in [0.2, 0.25) is 0 Å². The number of hydrogen-bond donors (Lipinski definition) is 0. The van der Waals surface area contributed by atoms with Gasteiger partial charge in [-0.05, 0) is 23.3 Å². The van der Waals surface area contributed by atoms with Gasteiger partial charge in [0.1, 0.15) is 11.2 Å². The maximum Gasteiger partial charge on any atom is 0.145 e. The number of halogens is 2. The van der Waals surface area contributed by atoms with Gasteiger partial charge >= 0.3 is 0 Å². The Hall–Kier alpha value is -1.05. The summed E-state index contributed by atoms with van der Waals surface area (Å²) in [7, 11) is 0. The van der Waals surface area contributed by atoms with Crippen molar-refractivity contribution in [3.8, 4) is 0 Å². The van der Waals surface area contributed by atoms with Gasteiger partial charge in [-0.3, -0.25) is 0 Å². The number of aldehydes is 1. The van der Waals surface area contributed by atoms with Crippen LogP contribution in [-0.2, 0) is 4.79 Å². The average Bonchev–Trinajstić information content (AvgIpc) is 2.29. The molecule has 1 atom stereocenters. The zero-order chi connectivity index (χ0) is 11.6. The summed E-state index contributed by atoms with van der Waals surface area (Å²) in [5.74, 6) is 0. The molecule has 0 radical (unpaired) electrons. The number of alkyl halides is 1. The zero-order valence-corrected chi connectivity index (χ0v) is 10.0. The molecule has 16 heavy (non-hydrogen) atoms. The van der Waals surface area contributed by atoms with Gasteiger partial charge in [-0.1, -0.05) is 41.9 Å². The third-order valence-electron chi connectivity index (χ3n) is 2.49. The highest BCUT2D eigenvalue weighted by Gasteiger charge is 2.29. The fraction of sp³-hybridized carbons (Fsp3) is 0.154. The van der Waals surface area contributed by atoms with E-state index in [1.54, 1.807) is 6.08 Å². The van der Waals surface area contributed by atoms with Crippen molar-refractivity contribution >= 4 is 35.1 Å². The molecule has 1 aliphatic rings. The summed E-state index contributed by atoms with van der Waals surface area (Å²) >= 11 is 12.1. The van der Waals surface area contributed by atoms with E-state index in [4.69, 9.17) is 23.2 Å². The Bertz CT molecular complexity index is 462. The van der Waals surface area contributed by atoms with Crippen LogP contribution in [0.5, 0.6) is 0 Å². The van der Waals surface area contributed by atoms with Crippen LogP contribution < -0.4 is 0 Å². The predicted octanol–water partition coefficient (Wildman–Crippen LogP) is 3.77. The van der Waals surface area contributed by atoms with Crippen LogP contribution in [0.3, 0.4) is 0 Å². The molecule has 0 fully saturated rings. The average molecular weight is 253 g/mol. The van der Waals surface area contributed by atoms with E-state index in [9.17, 15) is 4.79 Å². The lowest BCUT2D eigenvalue weighted by atomic mass is 9.90. The molecule has 0 heterocycles. The van der Waals surface area contributed by atoms with E-state index in [0.717, 1.165) is 17.4 Å². The Morgan fingerprint density at radius 1 is 1.25 bits per heavy atom. The van der Waals surface area contributed by atoms with Gasteiger partial charge in [-0.25, -0.2) is 0 Å². The van der Waals surface area contributed by atoms with E-state index in [1.807, 2.05) is 36.4 Å². The molecule has 1 aromatic carbocycles. The molecule has 1 nitrogen and oxygen atoms in total. The lowest BCUT2D eigenvalue weighted by molar-refractivity contribution is -0.109. The van der Waals surface area contributed by atoms with Gasteiger partial charge in [0.15, 0.2) is 0 Å². The van der Waals surface area contributed by atoms with Crippen molar-refractivity contribution in [3.05, 3.63) is 53.1 Å². The van der Waals surface area contributed by atoms with Crippen molar-refractivity contribution in [2.45, 2.75) is 11.3 Å². The Morgan fingerprint density at radius 3 is 2.56 bits per heavy atom. The smallest absolute Gasteiger partial charge is 0.145 e. The van der Waals surface area contributed by atoms with E-state index in [1.165, 1.54) is 0 Å². The normalized spacial score (nSPS) is 24.6.